The minimum absolute atomic E-state index is 0.462. The largest absolute Gasteiger partial charge is 0.496 e. The van der Waals surface area contributed by atoms with Crippen LogP contribution in [0.25, 0.3) is 10.8 Å². The summed E-state index contributed by atoms with van der Waals surface area (Å²) in [6, 6.07) is 12.7. The summed E-state index contributed by atoms with van der Waals surface area (Å²) in [5.41, 5.74) is 6.37. The monoisotopic (exact) mass is 300 g/mol. The van der Waals surface area contributed by atoms with Crippen LogP contribution in [0.5, 0.6) is 17.4 Å². The van der Waals surface area contributed by atoms with Crippen molar-refractivity contribution in [3.8, 4) is 17.4 Å². The number of rotatable bonds is 3. The third kappa shape index (κ3) is 2.58. The average Bonchev–Trinajstić information content (AvgIpc) is 2.49. The van der Waals surface area contributed by atoms with Crippen molar-refractivity contribution in [3.63, 3.8) is 0 Å². The first kappa shape index (κ1) is 13.5. The molecule has 1 heterocycles. The molecule has 0 saturated carbocycles. The van der Waals surface area contributed by atoms with Gasteiger partial charge in [-0.1, -0.05) is 17.7 Å². The fourth-order valence-electron chi connectivity index (χ4n) is 2.13. The van der Waals surface area contributed by atoms with Gasteiger partial charge < -0.3 is 15.2 Å². The number of ether oxygens (including phenoxy) is 2. The molecule has 21 heavy (non-hydrogen) atoms. The fraction of sp³-hybridized carbons (Fsp3) is 0.0625. The van der Waals surface area contributed by atoms with E-state index in [4.69, 9.17) is 26.8 Å². The predicted octanol–water partition coefficient (Wildman–Crippen LogP) is 4.27. The Balaban J connectivity index is 2.08. The number of benzene rings is 2. The van der Waals surface area contributed by atoms with E-state index >= 15 is 0 Å². The van der Waals surface area contributed by atoms with Gasteiger partial charge in [0, 0.05) is 22.0 Å². The van der Waals surface area contributed by atoms with Crippen LogP contribution in [-0.2, 0) is 0 Å². The topological polar surface area (TPSA) is 57.4 Å². The summed E-state index contributed by atoms with van der Waals surface area (Å²) in [4.78, 5) is 4.27. The normalized spacial score (nSPS) is 10.6. The summed E-state index contributed by atoms with van der Waals surface area (Å²) < 4.78 is 11.2. The molecule has 0 radical (unpaired) electrons. The minimum atomic E-state index is 0.462. The Morgan fingerprint density at radius 3 is 2.67 bits per heavy atom. The zero-order valence-corrected chi connectivity index (χ0v) is 12.1. The second-order valence-electron chi connectivity index (χ2n) is 4.46. The summed E-state index contributed by atoms with van der Waals surface area (Å²) in [5, 5.41) is 2.34. The van der Waals surface area contributed by atoms with E-state index in [0.29, 0.717) is 22.3 Å². The Hall–Kier alpha value is -2.46. The molecule has 0 fully saturated rings. The van der Waals surface area contributed by atoms with E-state index in [1.54, 1.807) is 31.5 Å². The second kappa shape index (κ2) is 5.50. The van der Waals surface area contributed by atoms with Crippen LogP contribution < -0.4 is 15.2 Å². The van der Waals surface area contributed by atoms with E-state index in [0.717, 1.165) is 16.5 Å². The van der Waals surface area contributed by atoms with Gasteiger partial charge in [-0.05, 0) is 36.4 Å². The third-order valence-corrected chi connectivity index (χ3v) is 3.36. The van der Waals surface area contributed by atoms with Crippen molar-refractivity contribution < 1.29 is 9.47 Å². The van der Waals surface area contributed by atoms with Crippen LogP contribution in [-0.4, -0.2) is 12.1 Å². The third-order valence-electron chi connectivity index (χ3n) is 3.13. The molecule has 0 saturated heterocycles. The number of fused-ring (bicyclic) bond motifs is 1. The average molecular weight is 301 g/mol. The molecule has 4 nitrogen and oxygen atoms in total. The van der Waals surface area contributed by atoms with Gasteiger partial charge in [0.1, 0.15) is 5.75 Å². The standard InChI is InChI=1S/C16H13ClN2O2/c1-20-14-4-2-3-12-11(14)7-8-19-16(12)21-15-6-5-10(17)9-13(15)18/h2-9H,18H2,1H3. The minimum Gasteiger partial charge on any atom is -0.496 e. The summed E-state index contributed by atoms with van der Waals surface area (Å²) >= 11 is 5.89. The number of nitrogen functional groups attached to an aromatic ring is 1. The molecule has 0 aliphatic heterocycles. The highest BCUT2D eigenvalue weighted by atomic mass is 35.5. The van der Waals surface area contributed by atoms with Crippen molar-refractivity contribution in [2.75, 3.05) is 12.8 Å². The molecule has 0 unspecified atom stereocenters. The highest BCUT2D eigenvalue weighted by Gasteiger charge is 2.10. The van der Waals surface area contributed by atoms with Crippen LogP contribution in [0.4, 0.5) is 5.69 Å². The van der Waals surface area contributed by atoms with Gasteiger partial charge in [-0.3, -0.25) is 0 Å². The maximum Gasteiger partial charge on any atom is 0.227 e. The first-order valence-electron chi connectivity index (χ1n) is 6.33. The molecule has 5 heteroatoms. The predicted molar refractivity (Wildman–Crippen MR) is 84.2 cm³/mol. The molecule has 0 amide bonds. The fourth-order valence-corrected chi connectivity index (χ4v) is 2.31. The first-order valence-corrected chi connectivity index (χ1v) is 6.71. The van der Waals surface area contributed by atoms with Crippen LogP contribution in [0.3, 0.4) is 0 Å². The number of nitrogens with zero attached hydrogens (tertiary/aromatic N) is 1. The van der Waals surface area contributed by atoms with E-state index in [1.807, 2.05) is 24.3 Å². The van der Waals surface area contributed by atoms with Gasteiger partial charge in [0.2, 0.25) is 5.88 Å². The highest BCUT2D eigenvalue weighted by Crippen LogP contribution is 2.35. The number of nitrogens with two attached hydrogens (primary N) is 1. The molecule has 0 atom stereocenters. The smallest absolute Gasteiger partial charge is 0.227 e. The van der Waals surface area contributed by atoms with Crippen molar-refractivity contribution in [2.24, 2.45) is 0 Å². The molecule has 0 aliphatic rings. The van der Waals surface area contributed by atoms with Crippen LogP contribution in [0.15, 0.2) is 48.7 Å². The number of halogens is 1. The zero-order chi connectivity index (χ0) is 14.8. The Labute approximate surface area is 127 Å². The van der Waals surface area contributed by atoms with Crippen LogP contribution in [0, 0.1) is 0 Å². The lowest BCUT2D eigenvalue weighted by Crippen LogP contribution is -1.95. The first-order chi connectivity index (χ1) is 10.2. The van der Waals surface area contributed by atoms with E-state index in [1.165, 1.54) is 0 Å². The van der Waals surface area contributed by atoms with E-state index < -0.39 is 0 Å². The molecular formula is C16H13ClN2O2. The SMILES string of the molecule is COc1cccc2c(Oc3ccc(Cl)cc3N)nccc12. The van der Waals surface area contributed by atoms with Crippen LogP contribution >= 0.6 is 11.6 Å². The van der Waals surface area contributed by atoms with Gasteiger partial charge in [-0.15, -0.1) is 0 Å². The number of aromatic nitrogens is 1. The van der Waals surface area contributed by atoms with Crippen LogP contribution in [0.2, 0.25) is 5.02 Å². The Morgan fingerprint density at radius 2 is 1.90 bits per heavy atom. The maximum atomic E-state index is 5.91. The Kier molecular flexibility index (Phi) is 3.54. The van der Waals surface area contributed by atoms with Crippen molar-refractivity contribution in [1.29, 1.82) is 0 Å². The zero-order valence-electron chi connectivity index (χ0n) is 11.3. The number of hydrogen-bond donors (Lipinski definition) is 1. The molecule has 1 aromatic heterocycles. The molecule has 0 spiro atoms. The molecule has 3 aromatic rings. The number of anilines is 1. The highest BCUT2D eigenvalue weighted by molar-refractivity contribution is 6.30. The molecular weight excluding hydrogens is 288 g/mol. The van der Waals surface area contributed by atoms with Crippen LogP contribution in [0.1, 0.15) is 0 Å². The van der Waals surface area contributed by atoms with Crippen molar-refractivity contribution in [1.82, 2.24) is 4.98 Å². The molecule has 2 aromatic carbocycles. The summed E-state index contributed by atoms with van der Waals surface area (Å²) in [5.74, 6) is 1.76. The Morgan fingerprint density at radius 1 is 1.05 bits per heavy atom. The van der Waals surface area contributed by atoms with E-state index in [2.05, 4.69) is 4.98 Å². The number of pyridine rings is 1. The van der Waals surface area contributed by atoms with Gasteiger partial charge in [0.05, 0.1) is 12.8 Å². The van der Waals surface area contributed by atoms with Gasteiger partial charge >= 0.3 is 0 Å². The van der Waals surface area contributed by atoms with E-state index in [9.17, 15) is 0 Å². The van der Waals surface area contributed by atoms with Gasteiger partial charge in [-0.25, -0.2) is 4.98 Å². The lowest BCUT2D eigenvalue weighted by Gasteiger charge is -2.11. The van der Waals surface area contributed by atoms with Gasteiger partial charge in [-0.2, -0.15) is 0 Å². The van der Waals surface area contributed by atoms with E-state index in [-0.39, 0.29) is 0 Å². The lowest BCUT2D eigenvalue weighted by atomic mass is 10.1. The van der Waals surface area contributed by atoms with Gasteiger partial charge in [0.25, 0.3) is 0 Å². The molecule has 3 rings (SSSR count). The molecule has 0 bridgehead atoms. The van der Waals surface area contributed by atoms with Crippen molar-refractivity contribution in [3.05, 3.63) is 53.7 Å². The van der Waals surface area contributed by atoms with Crippen molar-refractivity contribution in [2.45, 2.75) is 0 Å². The second-order valence-corrected chi connectivity index (χ2v) is 4.89. The summed E-state index contributed by atoms with van der Waals surface area (Å²) in [6.07, 6.45) is 1.67. The number of hydrogen-bond acceptors (Lipinski definition) is 4. The Bertz CT molecular complexity index is 805. The molecule has 106 valence electrons. The summed E-state index contributed by atoms with van der Waals surface area (Å²) in [7, 11) is 1.63. The van der Waals surface area contributed by atoms with Crippen molar-refractivity contribution >= 4 is 28.1 Å². The quantitative estimate of drug-likeness (QED) is 0.734. The lowest BCUT2D eigenvalue weighted by molar-refractivity contribution is 0.419. The summed E-state index contributed by atoms with van der Waals surface area (Å²) in [6.45, 7) is 0. The van der Waals surface area contributed by atoms with Gasteiger partial charge in [0.15, 0.2) is 5.75 Å². The molecule has 2 N–H and O–H groups in total. The maximum absolute atomic E-state index is 5.91. The molecule has 0 aliphatic carbocycles. The number of methoxy groups -OCH3 is 1.